The van der Waals surface area contributed by atoms with Crippen LogP contribution >= 0.6 is 0 Å². The monoisotopic (exact) mass is 885 g/mol. The Kier molecular flexibility index (Phi) is 11.3. The smallest absolute Gasteiger partial charge is 0.407 e. The van der Waals surface area contributed by atoms with E-state index in [1.54, 1.807) is 17.3 Å². The van der Waals surface area contributed by atoms with Crippen LogP contribution < -0.4 is 10.6 Å². The maximum atomic E-state index is 14.1. The maximum absolute atomic E-state index is 14.1. The Hall–Kier alpha value is -7.49. The topological polar surface area (TPSA) is 249 Å². The third kappa shape index (κ3) is 8.50. The molecular formula is C42H47N15O6Si. The highest BCUT2D eigenvalue weighted by Gasteiger charge is 2.45. The van der Waals surface area contributed by atoms with Crippen molar-refractivity contribution in [1.82, 2.24) is 75.6 Å². The molecule has 0 spiro atoms. The van der Waals surface area contributed by atoms with Gasteiger partial charge in [0.2, 0.25) is 11.8 Å². The van der Waals surface area contributed by atoms with Crippen LogP contribution in [0.5, 0.6) is 0 Å². The largest absolute Gasteiger partial charge is 0.453 e. The molecule has 6 heterocycles. The molecule has 2 saturated heterocycles. The van der Waals surface area contributed by atoms with Gasteiger partial charge in [0.05, 0.1) is 76.6 Å². The van der Waals surface area contributed by atoms with Crippen molar-refractivity contribution in [2.75, 3.05) is 26.9 Å². The van der Waals surface area contributed by atoms with Crippen molar-refractivity contribution in [2.24, 2.45) is 0 Å². The second-order valence-corrected chi connectivity index (χ2v) is 21.9. The number of carbonyl (C=O) groups excluding carboxylic acids is 4. The van der Waals surface area contributed by atoms with E-state index >= 15 is 0 Å². The van der Waals surface area contributed by atoms with Crippen molar-refractivity contribution in [3.63, 3.8) is 0 Å². The van der Waals surface area contributed by atoms with Gasteiger partial charge in [-0.2, -0.15) is 4.80 Å². The number of rotatable bonds is 12. The number of tetrazole rings is 1. The Morgan fingerprint density at radius 3 is 2.28 bits per heavy atom. The van der Waals surface area contributed by atoms with E-state index in [2.05, 4.69) is 95.8 Å². The lowest BCUT2D eigenvalue weighted by atomic mass is 9.99. The first-order valence-electron chi connectivity index (χ1n) is 20.9. The van der Waals surface area contributed by atoms with E-state index < -0.39 is 32.3 Å². The predicted molar refractivity (Wildman–Crippen MR) is 234 cm³/mol. The highest BCUT2D eigenvalue weighted by molar-refractivity contribution is 6.78. The van der Waals surface area contributed by atoms with E-state index in [0.29, 0.717) is 30.8 Å². The van der Waals surface area contributed by atoms with E-state index in [1.807, 2.05) is 23.1 Å². The van der Waals surface area contributed by atoms with E-state index in [4.69, 9.17) is 19.4 Å². The highest BCUT2D eigenvalue weighted by Crippen LogP contribution is 2.39. The van der Waals surface area contributed by atoms with Crippen molar-refractivity contribution in [2.45, 2.75) is 69.2 Å². The first-order chi connectivity index (χ1) is 31.0. The Labute approximate surface area is 366 Å². The molecule has 9 rings (SSSR count). The molecule has 2 fully saturated rings. The summed E-state index contributed by atoms with van der Waals surface area (Å²) in [7, 11) is 0.667. The first kappa shape index (κ1) is 41.8. The molecule has 2 aliphatic rings. The van der Waals surface area contributed by atoms with E-state index in [9.17, 15) is 19.2 Å². The van der Waals surface area contributed by atoms with Gasteiger partial charge in [0.15, 0.2) is 6.33 Å². The minimum Gasteiger partial charge on any atom is -0.453 e. The highest BCUT2D eigenvalue weighted by atomic mass is 28.3. The number of aromatic nitrogens is 11. The minimum absolute atomic E-state index is 0.00677. The molecule has 4 aromatic heterocycles. The summed E-state index contributed by atoms with van der Waals surface area (Å²) in [5.41, 5.74) is 5.49. The van der Waals surface area contributed by atoms with Crippen LogP contribution in [-0.4, -0.2) is 136 Å². The lowest BCUT2D eigenvalue weighted by Crippen LogP contribution is -2.51. The average Bonchev–Trinajstić information content (AvgIpc) is 4.17. The quantitative estimate of drug-likeness (QED) is 0.127. The Morgan fingerprint density at radius 2 is 1.56 bits per heavy atom. The number of amides is 4. The average molecular weight is 886 g/mol. The molecule has 22 heteroatoms. The zero-order valence-electron chi connectivity index (χ0n) is 35.6. The standard InChI is InChI=1S/C42H47N15O6Si/c1-62-41(60)49-32(20-54-17-15-44-52-54)40(59)56-24-64(3,4)22-35(56)37-43-19-31(48-37)26-9-7-25(8-10-26)27-11-13-29-28(18-27)12-14-30-36(29)51-38(47-30)34-6-5-16-55(34)39(58)33(50-42(61)63-2)21-57-46-23-45-53-57/h7-15,17-19,23,32-35H,5-6,16,20-22,24H2,1-4H3,(H,43,48)(H,47,51)(H,49,60)(H,50,61)/t32-,33-,34-,35+/m1/s1. The van der Waals surface area contributed by atoms with Crippen LogP contribution in [-0.2, 0) is 32.2 Å². The molecule has 3 aromatic carbocycles. The van der Waals surface area contributed by atoms with Gasteiger partial charge < -0.3 is 39.9 Å². The van der Waals surface area contributed by atoms with Crippen molar-refractivity contribution < 1.29 is 28.7 Å². The Morgan fingerprint density at radius 1 is 0.828 bits per heavy atom. The number of hydrogen-bond donors (Lipinski definition) is 4. The minimum atomic E-state index is -1.84. The fourth-order valence-corrected chi connectivity index (χ4v) is 11.7. The summed E-state index contributed by atoms with van der Waals surface area (Å²) in [6.45, 7) is 5.09. The van der Waals surface area contributed by atoms with Crippen molar-refractivity contribution in [3.8, 4) is 22.4 Å². The molecule has 0 aliphatic carbocycles. The lowest BCUT2D eigenvalue weighted by Gasteiger charge is -2.28. The molecule has 64 heavy (non-hydrogen) atoms. The fourth-order valence-electron chi connectivity index (χ4n) is 8.84. The number of imidazole rings is 2. The van der Waals surface area contributed by atoms with Crippen LogP contribution in [0.2, 0.25) is 19.1 Å². The molecule has 2 aliphatic heterocycles. The molecule has 21 nitrogen and oxygen atoms in total. The summed E-state index contributed by atoms with van der Waals surface area (Å²) in [5, 5.41) is 26.7. The van der Waals surface area contributed by atoms with Gasteiger partial charge in [-0.25, -0.2) is 24.2 Å². The molecule has 0 unspecified atom stereocenters. The molecule has 330 valence electrons. The summed E-state index contributed by atoms with van der Waals surface area (Å²) in [5.74, 6) is 0.837. The van der Waals surface area contributed by atoms with Crippen LogP contribution in [0.3, 0.4) is 0 Å². The number of ether oxygens (including phenoxy) is 2. The normalized spacial score (nSPS) is 18.0. The van der Waals surface area contributed by atoms with Gasteiger partial charge in [0.1, 0.15) is 23.7 Å². The van der Waals surface area contributed by atoms with Gasteiger partial charge in [-0.1, -0.05) is 60.8 Å². The van der Waals surface area contributed by atoms with Gasteiger partial charge in [-0.15, -0.1) is 15.3 Å². The van der Waals surface area contributed by atoms with Gasteiger partial charge >= 0.3 is 12.2 Å². The van der Waals surface area contributed by atoms with Gasteiger partial charge in [-0.3, -0.25) is 9.59 Å². The van der Waals surface area contributed by atoms with Crippen LogP contribution in [0.15, 0.2) is 79.5 Å². The number of alkyl carbamates (subject to hydrolysis) is 2. The van der Waals surface area contributed by atoms with Crippen LogP contribution in [0, 0.1) is 0 Å². The molecule has 7 aromatic rings. The molecular weight excluding hydrogens is 839 g/mol. The van der Waals surface area contributed by atoms with E-state index in [0.717, 1.165) is 56.7 Å². The second-order valence-electron chi connectivity index (χ2n) is 16.8. The van der Waals surface area contributed by atoms with Crippen LogP contribution in [0.25, 0.3) is 44.2 Å². The number of methoxy groups -OCH3 is 2. The number of aromatic amines is 2. The van der Waals surface area contributed by atoms with Gasteiger partial charge in [0.25, 0.3) is 0 Å². The number of H-pyrrole nitrogens is 2. The Balaban J connectivity index is 0.914. The summed E-state index contributed by atoms with van der Waals surface area (Å²) >= 11 is 0. The Bertz CT molecular complexity index is 2810. The molecule has 0 saturated carbocycles. The molecule has 4 N–H and O–H groups in total. The van der Waals surface area contributed by atoms with Crippen LogP contribution in [0.4, 0.5) is 9.59 Å². The predicted octanol–water partition coefficient (Wildman–Crippen LogP) is 4.00. The summed E-state index contributed by atoms with van der Waals surface area (Å²) in [6.07, 6.45) is 6.88. The fraction of sp³-hybridized carbons (Fsp3) is 0.357. The van der Waals surface area contributed by atoms with Gasteiger partial charge in [-0.05, 0) is 58.3 Å². The zero-order valence-corrected chi connectivity index (χ0v) is 36.6. The summed E-state index contributed by atoms with van der Waals surface area (Å²) < 4.78 is 11.1. The molecule has 4 atom stereocenters. The number of carbonyl (C=O) groups is 4. The van der Waals surface area contributed by atoms with Crippen LogP contribution in [0.1, 0.15) is 36.6 Å². The third-order valence-corrected chi connectivity index (χ3v) is 14.6. The summed E-state index contributed by atoms with van der Waals surface area (Å²) in [4.78, 5) is 74.1. The number of nitrogens with one attached hydrogen (secondary N) is 4. The van der Waals surface area contributed by atoms with E-state index in [1.165, 1.54) is 36.2 Å². The number of benzene rings is 3. The van der Waals surface area contributed by atoms with Gasteiger partial charge in [0, 0.05) is 24.3 Å². The second kappa shape index (κ2) is 17.3. The van der Waals surface area contributed by atoms with Crippen molar-refractivity contribution in [3.05, 3.63) is 91.2 Å². The molecule has 4 amide bonds. The zero-order chi connectivity index (χ0) is 44.5. The van der Waals surface area contributed by atoms with Crippen molar-refractivity contribution >= 4 is 53.9 Å². The lowest BCUT2D eigenvalue weighted by molar-refractivity contribution is -0.135. The SMILES string of the molecule is COC(=O)N[C@H](Cn1ncnn1)C(=O)N1CCC[C@@H]1c1nc2c(ccc3cc(-c4ccc(-c5cnc([C@@H]6C[Si](C)(C)CN6C(=O)[C@@H](Cn6ccnn6)NC(=O)OC)[nH]5)cc4)ccc32)[nH]1. The summed E-state index contributed by atoms with van der Waals surface area (Å²) in [6, 6.07) is 16.9. The third-order valence-electron chi connectivity index (χ3n) is 11.9. The van der Waals surface area contributed by atoms with Crippen molar-refractivity contribution in [1.29, 1.82) is 0 Å². The first-order valence-corrected chi connectivity index (χ1v) is 24.3. The number of hydrogen-bond acceptors (Lipinski definition) is 13. The maximum Gasteiger partial charge on any atom is 0.407 e. The number of nitrogens with zero attached hydrogens (tertiary/aromatic N) is 11. The molecule has 0 bridgehead atoms. The molecule has 0 radical (unpaired) electrons. The van der Waals surface area contributed by atoms with E-state index in [-0.39, 0.29) is 37.0 Å². The number of likely N-dealkylation sites (tertiary alicyclic amines) is 1. The number of fused-ring (bicyclic) bond motifs is 3.